The molecule has 5 heteroatoms. The summed E-state index contributed by atoms with van der Waals surface area (Å²) in [7, 11) is 0. The zero-order valence-corrected chi connectivity index (χ0v) is 10.5. The number of Topliss-reactive ketones (excluding diaryl/α,β-unsaturated/α-hetero) is 1. The third-order valence-electron chi connectivity index (χ3n) is 2.36. The average molecular weight is 250 g/mol. The molecule has 0 aliphatic carbocycles. The van der Waals surface area contributed by atoms with Gasteiger partial charge in [0.1, 0.15) is 6.54 Å². The maximum Gasteiger partial charge on any atom is 0.223 e. The molecule has 0 aliphatic rings. The highest BCUT2D eigenvalue weighted by molar-refractivity contribution is 7.12. The predicted molar refractivity (Wildman–Crippen MR) is 65.8 cm³/mol. The number of nitrogens with zero attached hydrogens (tertiary/aromatic N) is 2. The molecule has 0 fully saturated rings. The summed E-state index contributed by atoms with van der Waals surface area (Å²) in [4.78, 5) is 25.4. The van der Waals surface area contributed by atoms with Gasteiger partial charge in [-0.25, -0.2) is 0 Å². The first-order chi connectivity index (χ1) is 8.19. The number of hydrogen-bond donors (Lipinski definition) is 0. The summed E-state index contributed by atoms with van der Waals surface area (Å²) >= 11 is 1.38. The zero-order chi connectivity index (χ0) is 12.7. The van der Waals surface area contributed by atoms with Crippen molar-refractivity contribution in [2.75, 3.05) is 13.1 Å². The van der Waals surface area contributed by atoms with Crippen LogP contribution in [0, 0.1) is 11.3 Å². The van der Waals surface area contributed by atoms with Gasteiger partial charge in [-0.15, -0.1) is 11.3 Å². The van der Waals surface area contributed by atoms with Crippen molar-refractivity contribution in [1.82, 2.24) is 4.90 Å². The van der Waals surface area contributed by atoms with Crippen molar-refractivity contribution in [3.8, 4) is 6.07 Å². The highest BCUT2D eigenvalue weighted by atomic mass is 32.1. The second-order valence-corrected chi connectivity index (χ2v) is 4.41. The Bertz CT molecular complexity index is 420. The lowest BCUT2D eigenvalue weighted by Crippen LogP contribution is -2.31. The van der Waals surface area contributed by atoms with Gasteiger partial charge < -0.3 is 4.90 Å². The highest BCUT2D eigenvalue weighted by Gasteiger charge is 2.14. The SMILES string of the molecule is CCN(CC#N)C(=O)CCC(=O)c1cccs1. The van der Waals surface area contributed by atoms with Crippen molar-refractivity contribution in [1.29, 1.82) is 5.26 Å². The van der Waals surface area contributed by atoms with Crippen LogP contribution in [0.5, 0.6) is 0 Å². The molecule has 17 heavy (non-hydrogen) atoms. The molecule has 0 aliphatic heterocycles. The average Bonchev–Trinajstić information content (AvgIpc) is 2.86. The maximum atomic E-state index is 11.7. The second-order valence-electron chi connectivity index (χ2n) is 3.47. The van der Waals surface area contributed by atoms with Crippen LogP contribution in [-0.4, -0.2) is 29.7 Å². The van der Waals surface area contributed by atoms with Crippen molar-refractivity contribution in [3.05, 3.63) is 22.4 Å². The Morgan fingerprint density at radius 1 is 1.47 bits per heavy atom. The van der Waals surface area contributed by atoms with E-state index in [4.69, 9.17) is 5.26 Å². The van der Waals surface area contributed by atoms with Gasteiger partial charge >= 0.3 is 0 Å². The minimum Gasteiger partial charge on any atom is -0.330 e. The van der Waals surface area contributed by atoms with Gasteiger partial charge in [0.15, 0.2) is 5.78 Å². The Labute approximate surface area is 104 Å². The number of amides is 1. The van der Waals surface area contributed by atoms with E-state index in [1.54, 1.807) is 6.07 Å². The first kappa shape index (κ1) is 13.4. The number of carbonyl (C=O) groups excluding carboxylic acids is 2. The number of rotatable bonds is 6. The molecule has 0 spiro atoms. The third-order valence-corrected chi connectivity index (χ3v) is 3.27. The van der Waals surface area contributed by atoms with Crippen LogP contribution in [0.25, 0.3) is 0 Å². The quantitative estimate of drug-likeness (QED) is 0.573. The second kappa shape index (κ2) is 6.81. The Morgan fingerprint density at radius 2 is 2.24 bits per heavy atom. The van der Waals surface area contributed by atoms with Gasteiger partial charge in [0.25, 0.3) is 0 Å². The summed E-state index contributed by atoms with van der Waals surface area (Å²) < 4.78 is 0. The first-order valence-corrected chi connectivity index (χ1v) is 6.28. The van der Waals surface area contributed by atoms with Crippen molar-refractivity contribution in [2.24, 2.45) is 0 Å². The molecule has 90 valence electrons. The van der Waals surface area contributed by atoms with Gasteiger partial charge in [0.05, 0.1) is 10.9 Å². The minimum atomic E-state index is -0.140. The van der Waals surface area contributed by atoms with Crippen molar-refractivity contribution < 1.29 is 9.59 Å². The fraction of sp³-hybridized carbons (Fsp3) is 0.417. The lowest BCUT2D eigenvalue weighted by Gasteiger charge is -2.16. The number of nitriles is 1. The summed E-state index contributed by atoms with van der Waals surface area (Å²) in [5.74, 6) is -0.152. The molecule has 4 nitrogen and oxygen atoms in total. The van der Waals surface area contributed by atoms with E-state index in [9.17, 15) is 9.59 Å². The molecule has 0 saturated heterocycles. The Hall–Kier alpha value is -1.67. The molecule has 1 heterocycles. The molecule has 1 amide bonds. The number of hydrogen-bond acceptors (Lipinski definition) is 4. The number of ketones is 1. The lowest BCUT2D eigenvalue weighted by atomic mass is 10.2. The molecule has 0 atom stereocenters. The fourth-order valence-corrected chi connectivity index (χ4v) is 2.10. The van der Waals surface area contributed by atoms with Crippen molar-refractivity contribution >= 4 is 23.0 Å². The summed E-state index contributed by atoms with van der Waals surface area (Å²) in [6.07, 6.45) is 0.382. The largest absolute Gasteiger partial charge is 0.330 e. The van der Waals surface area contributed by atoms with Gasteiger partial charge in [-0.2, -0.15) is 5.26 Å². The van der Waals surface area contributed by atoms with Crippen LogP contribution in [0.2, 0.25) is 0 Å². The van der Waals surface area contributed by atoms with Crippen molar-refractivity contribution in [2.45, 2.75) is 19.8 Å². The molecule has 0 radical (unpaired) electrons. The molecule has 0 unspecified atom stereocenters. The molecular formula is C12H14N2O2S. The van der Waals surface area contributed by atoms with Crippen LogP contribution < -0.4 is 0 Å². The fourth-order valence-electron chi connectivity index (χ4n) is 1.40. The van der Waals surface area contributed by atoms with Crippen LogP contribution in [0.4, 0.5) is 0 Å². The Kier molecular flexibility index (Phi) is 5.37. The van der Waals surface area contributed by atoms with E-state index in [2.05, 4.69) is 0 Å². The van der Waals surface area contributed by atoms with Gasteiger partial charge in [0, 0.05) is 19.4 Å². The third kappa shape index (κ3) is 4.00. The summed E-state index contributed by atoms with van der Waals surface area (Å²) in [6.45, 7) is 2.40. The van der Waals surface area contributed by atoms with E-state index in [0.717, 1.165) is 0 Å². The van der Waals surface area contributed by atoms with E-state index >= 15 is 0 Å². The lowest BCUT2D eigenvalue weighted by molar-refractivity contribution is -0.130. The van der Waals surface area contributed by atoms with E-state index in [-0.39, 0.29) is 31.1 Å². The van der Waals surface area contributed by atoms with E-state index in [1.807, 2.05) is 24.4 Å². The molecule has 0 N–H and O–H groups in total. The predicted octanol–water partition coefficient (Wildman–Crippen LogP) is 2.08. The van der Waals surface area contributed by atoms with Gasteiger partial charge in [-0.05, 0) is 18.4 Å². The van der Waals surface area contributed by atoms with Crippen molar-refractivity contribution in [3.63, 3.8) is 0 Å². The monoisotopic (exact) mass is 250 g/mol. The standard InChI is InChI=1S/C12H14N2O2S/c1-2-14(8-7-13)12(16)6-5-10(15)11-4-3-9-17-11/h3-4,9H,2,5-6,8H2,1H3. The van der Waals surface area contributed by atoms with Gasteiger partial charge in [-0.1, -0.05) is 6.07 Å². The summed E-state index contributed by atoms with van der Waals surface area (Å²) in [5, 5.41) is 10.4. The molecule has 1 rings (SSSR count). The minimum absolute atomic E-state index is 0.0126. The van der Waals surface area contributed by atoms with Gasteiger partial charge in [-0.3, -0.25) is 9.59 Å². The zero-order valence-electron chi connectivity index (χ0n) is 9.68. The van der Waals surface area contributed by atoms with Gasteiger partial charge in [0.2, 0.25) is 5.91 Å². The molecule has 1 aromatic heterocycles. The summed E-state index contributed by atoms with van der Waals surface area (Å²) in [6, 6.07) is 5.50. The van der Waals surface area contributed by atoms with Crippen LogP contribution in [0.15, 0.2) is 17.5 Å². The van der Waals surface area contributed by atoms with E-state index in [1.165, 1.54) is 16.2 Å². The number of thiophene rings is 1. The van der Waals surface area contributed by atoms with E-state index in [0.29, 0.717) is 11.4 Å². The van der Waals surface area contributed by atoms with Crippen LogP contribution in [0.1, 0.15) is 29.4 Å². The first-order valence-electron chi connectivity index (χ1n) is 5.40. The molecular weight excluding hydrogens is 236 g/mol. The highest BCUT2D eigenvalue weighted by Crippen LogP contribution is 2.12. The van der Waals surface area contributed by atoms with Crippen LogP contribution in [-0.2, 0) is 4.79 Å². The summed E-state index contributed by atoms with van der Waals surface area (Å²) in [5.41, 5.74) is 0. The normalized spacial score (nSPS) is 9.65. The number of carbonyl (C=O) groups is 2. The molecule has 0 aromatic carbocycles. The molecule has 0 saturated carbocycles. The van der Waals surface area contributed by atoms with E-state index < -0.39 is 0 Å². The Morgan fingerprint density at radius 3 is 2.76 bits per heavy atom. The molecule has 0 bridgehead atoms. The smallest absolute Gasteiger partial charge is 0.223 e. The Balaban J connectivity index is 2.43. The van der Waals surface area contributed by atoms with Crippen LogP contribution in [0.3, 0.4) is 0 Å². The topological polar surface area (TPSA) is 61.2 Å². The maximum absolute atomic E-state index is 11.7. The molecule has 1 aromatic rings. The van der Waals surface area contributed by atoms with Crippen LogP contribution >= 0.6 is 11.3 Å².